The van der Waals surface area contributed by atoms with Crippen molar-refractivity contribution in [1.29, 1.82) is 0 Å². The van der Waals surface area contributed by atoms with Crippen molar-refractivity contribution in [2.45, 2.75) is 0 Å². The number of carbonyl (C=O) groups excluding carboxylic acids is 2. The Kier molecular flexibility index (Phi) is 4.08. The number of hydrogen-bond donors (Lipinski definition) is 3. The highest BCUT2D eigenvalue weighted by Gasteiger charge is 2.12. The molecule has 0 aliphatic rings. The fraction of sp³-hybridized carbons (Fsp3) is 0. The molecule has 0 aliphatic heterocycles. The van der Waals surface area contributed by atoms with Crippen LogP contribution in [0.15, 0.2) is 60.7 Å². The Morgan fingerprint density at radius 1 is 0.923 bits per heavy atom. The van der Waals surface area contributed by atoms with Crippen LogP contribution >= 0.6 is 11.3 Å². The van der Waals surface area contributed by atoms with Gasteiger partial charge in [0.05, 0.1) is 10.4 Å². The van der Waals surface area contributed by atoms with Crippen LogP contribution < -0.4 is 10.8 Å². The van der Waals surface area contributed by atoms with Crippen LogP contribution in [-0.2, 0) is 0 Å². The van der Waals surface area contributed by atoms with E-state index < -0.39 is 5.91 Å². The van der Waals surface area contributed by atoms with E-state index >= 15 is 0 Å². The van der Waals surface area contributed by atoms with E-state index in [4.69, 9.17) is 5.21 Å². The quantitative estimate of drug-likeness (QED) is 0.381. The molecular weight excluding hydrogens is 350 g/mol. The molecule has 7 heteroatoms. The summed E-state index contributed by atoms with van der Waals surface area (Å²) in [5.74, 6) is -0.865. The maximum Gasteiger partial charge on any atom is 0.284 e. The molecule has 0 spiro atoms. The van der Waals surface area contributed by atoms with Gasteiger partial charge in [0.1, 0.15) is 5.69 Å². The Morgan fingerprint density at radius 3 is 2.62 bits per heavy atom. The number of hydroxylamine groups is 1. The topological polar surface area (TPSA) is 91.3 Å². The number of amides is 2. The third kappa shape index (κ3) is 3.01. The van der Waals surface area contributed by atoms with E-state index in [2.05, 4.69) is 10.3 Å². The van der Waals surface area contributed by atoms with Gasteiger partial charge in [-0.15, -0.1) is 11.3 Å². The lowest BCUT2D eigenvalue weighted by molar-refractivity contribution is 0.0711. The molecule has 2 heterocycles. The molecule has 2 amide bonds. The summed E-state index contributed by atoms with van der Waals surface area (Å²) in [6.07, 6.45) is 0. The number of fused-ring (bicyclic) bond motifs is 2. The Balaban J connectivity index is 1.60. The number of thiophene rings is 1. The summed E-state index contributed by atoms with van der Waals surface area (Å²) in [7, 11) is 0. The predicted octanol–water partition coefficient (Wildman–Crippen LogP) is 3.82. The van der Waals surface area contributed by atoms with Crippen molar-refractivity contribution in [3.05, 3.63) is 71.2 Å². The van der Waals surface area contributed by atoms with E-state index in [1.807, 2.05) is 36.4 Å². The summed E-state index contributed by atoms with van der Waals surface area (Å²) in [5.41, 5.74) is 3.31. The second-order valence-electron chi connectivity index (χ2n) is 5.65. The predicted molar refractivity (Wildman–Crippen MR) is 101 cm³/mol. The van der Waals surface area contributed by atoms with Crippen molar-refractivity contribution in [1.82, 2.24) is 10.5 Å². The molecule has 0 radical (unpaired) electrons. The Bertz CT molecular complexity index is 1150. The van der Waals surface area contributed by atoms with Crippen molar-refractivity contribution < 1.29 is 14.8 Å². The Hall–Kier alpha value is -3.29. The summed E-state index contributed by atoms with van der Waals surface area (Å²) >= 11 is 1.26. The molecule has 4 rings (SSSR count). The van der Waals surface area contributed by atoms with E-state index in [9.17, 15) is 9.59 Å². The standard InChI is InChI=1S/C19H13N3O3S/c23-18(15-7-5-11-3-1-2-4-14(11)21-15)20-13-6-8-16-12(9-13)10-17(26-16)19(24)22-25/h1-10,25H,(H,20,23)(H,22,24). The number of nitrogens with zero attached hydrogens (tertiary/aromatic N) is 1. The lowest BCUT2D eigenvalue weighted by atomic mass is 10.2. The van der Waals surface area contributed by atoms with Gasteiger partial charge in [0.25, 0.3) is 11.8 Å². The van der Waals surface area contributed by atoms with Crippen LogP contribution in [0.5, 0.6) is 0 Å². The smallest absolute Gasteiger partial charge is 0.284 e. The number of benzene rings is 2. The second kappa shape index (κ2) is 6.55. The third-order valence-electron chi connectivity index (χ3n) is 3.93. The number of para-hydroxylation sites is 1. The summed E-state index contributed by atoms with van der Waals surface area (Å²) < 4.78 is 0.880. The van der Waals surface area contributed by atoms with Gasteiger partial charge in [0, 0.05) is 15.8 Å². The summed E-state index contributed by atoms with van der Waals surface area (Å²) in [4.78, 5) is 28.8. The number of hydrogen-bond acceptors (Lipinski definition) is 5. The number of rotatable bonds is 3. The Morgan fingerprint density at radius 2 is 1.77 bits per heavy atom. The van der Waals surface area contributed by atoms with Crippen molar-refractivity contribution >= 4 is 49.8 Å². The normalized spacial score (nSPS) is 10.8. The minimum absolute atomic E-state index is 0.307. The molecule has 0 bridgehead atoms. The van der Waals surface area contributed by atoms with E-state index in [0.717, 1.165) is 21.0 Å². The molecule has 2 aromatic heterocycles. The molecule has 0 saturated carbocycles. The highest BCUT2D eigenvalue weighted by molar-refractivity contribution is 7.20. The van der Waals surface area contributed by atoms with Gasteiger partial charge in [-0.25, -0.2) is 10.5 Å². The minimum atomic E-state index is -0.558. The largest absolute Gasteiger partial charge is 0.321 e. The maximum absolute atomic E-state index is 12.5. The van der Waals surface area contributed by atoms with Crippen molar-refractivity contribution in [2.24, 2.45) is 0 Å². The zero-order chi connectivity index (χ0) is 18.1. The van der Waals surface area contributed by atoms with Crippen LogP contribution in [0.3, 0.4) is 0 Å². The minimum Gasteiger partial charge on any atom is -0.321 e. The zero-order valence-electron chi connectivity index (χ0n) is 13.4. The van der Waals surface area contributed by atoms with Gasteiger partial charge in [-0.3, -0.25) is 14.8 Å². The van der Waals surface area contributed by atoms with Gasteiger partial charge >= 0.3 is 0 Å². The molecule has 26 heavy (non-hydrogen) atoms. The van der Waals surface area contributed by atoms with Crippen LogP contribution in [0.25, 0.3) is 21.0 Å². The van der Waals surface area contributed by atoms with E-state index in [1.165, 1.54) is 11.3 Å². The fourth-order valence-corrected chi connectivity index (χ4v) is 3.61. The molecule has 4 aromatic rings. The maximum atomic E-state index is 12.5. The number of carbonyl (C=O) groups is 2. The van der Waals surface area contributed by atoms with Crippen molar-refractivity contribution in [3.63, 3.8) is 0 Å². The number of anilines is 1. The van der Waals surface area contributed by atoms with Crippen LogP contribution in [0.4, 0.5) is 5.69 Å². The lowest BCUT2D eigenvalue weighted by Crippen LogP contribution is -2.16. The molecule has 3 N–H and O–H groups in total. The third-order valence-corrected chi connectivity index (χ3v) is 5.05. The first-order valence-electron chi connectivity index (χ1n) is 7.79. The zero-order valence-corrected chi connectivity index (χ0v) is 14.2. The number of pyridine rings is 1. The fourth-order valence-electron chi connectivity index (χ4n) is 2.68. The molecular formula is C19H13N3O3S. The first kappa shape index (κ1) is 16.2. The SMILES string of the molecule is O=C(Nc1ccc2sc(C(=O)NO)cc2c1)c1ccc2ccccc2n1. The van der Waals surface area contributed by atoms with Crippen LogP contribution in [-0.4, -0.2) is 22.0 Å². The van der Waals surface area contributed by atoms with Crippen LogP contribution in [0.1, 0.15) is 20.2 Å². The van der Waals surface area contributed by atoms with E-state index in [0.29, 0.717) is 16.3 Å². The number of nitrogens with one attached hydrogen (secondary N) is 2. The monoisotopic (exact) mass is 363 g/mol. The van der Waals surface area contributed by atoms with Gasteiger partial charge < -0.3 is 5.32 Å². The van der Waals surface area contributed by atoms with Gasteiger partial charge in [-0.05, 0) is 41.8 Å². The van der Waals surface area contributed by atoms with E-state index in [1.54, 1.807) is 29.7 Å². The van der Waals surface area contributed by atoms with Crippen LogP contribution in [0.2, 0.25) is 0 Å². The Labute approximate surface area is 152 Å². The van der Waals surface area contributed by atoms with Gasteiger partial charge in [-0.1, -0.05) is 24.3 Å². The summed E-state index contributed by atoms with van der Waals surface area (Å²) in [6.45, 7) is 0. The molecule has 0 atom stereocenters. The molecule has 0 unspecified atom stereocenters. The molecule has 6 nitrogen and oxygen atoms in total. The number of aromatic nitrogens is 1. The first-order valence-corrected chi connectivity index (χ1v) is 8.61. The lowest BCUT2D eigenvalue weighted by Gasteiger charge is -2.06. The van der Waals surface area contributed by atoms with Crippen molar-refractivity contribution in [2.75, 3.05) is 5.32 Å². The van der Waals surface area contributed by atoms with Crippen molar-refractivity contribution in [3.8, 4) is 0 Å². The first-order chi connectivity index (χ1) is 12.6. The second-order valence-corrected chi connectivity index (χ2v) is 6.73. The molecule has 128 valence electrons. The summed E-state index contributed by atoms with van der Waals surface area (Å²) in [6, 6.07) is 18.2. The van der Waals surface area contributed by atoms with Gasteiger partial charge in [0.15, 0.2) is 0 Å². The highest BCUT2D eigenvalue weighted by Crippen LogP contribution is 2.28. The highest BCUT2D eigenvalue weighted by atomic mass is 32.1. The average Bonchev–Trinajstić information content (AvgIpc) is 3.10. The van der Waals surface area contributed by atoms with Gasteiger partial charge in [0.2, 0.25) is 0 Å². The average molecular weight is 363 g/mol. The molecule has 2 aromatic carbocycles. The van der Waals surface area contributed by atoms with Gasteiger partial charge in [-0.2, -0.15) is 0 Å². The van der Waals surface area contributed by atoms with E-state index in [-0.39, 0.29) is 5.91 Å². The molecule has 0 fully saturated rings. The summed E-state index contributed by atoms with van der Waals surface area (Å²) in [5, 5.41) is 13.3. The van der Waals surface area contributed by atoms with Crippen LogP contribution in [0, 0.1) is 0 Å². The molecule has 0 aliphatic carbocycles. The molecule has 0 saturated heterocycles.